The smallest absolute Gasteiger partial charge is 0.257 e. The summed E-state index contributed by atoms with van der Waals surface area (Å²) in [4.78, 5) is 26.2. The fraction of sp³-hybridized carbons (Fsp3) is 0.421. The zero-order valence-electron chi connectivity index (χ0n) is 15.6. The minimum absolute atomic E-state index is 0.567. The van der Waals surface area contributed by atoms with Crippen LogP contribution in [0.2, 0.25) is 0 Å². The summed E-state index contributed by atoms with van der Waals surface area (Å²) in [5, 5.41) is 1.01. The van der Waals surface area contributed by atoms with Crippen LogP contribution in [0.5, 0.6) is 5.88 Å². The Morgan fingerprint density at radius 2 is 1.89 bits per heavy atom. The van der Waals surface area contributed by atoms with Crippen molar-refractivity contribution in [3.63, 3.8) is 0 Å². The molecule has 0 bridgehead atoms. The summed E-state index contributed by atoms with van der Waals surface area (Å²) in [5.41, 5.74) is 0.749. The first-order chi connectivity index (χ1) is 13.3. The zero-order chi connectivity index (χ0) is 18.6. The van der Waals surface area contributed by atoms with Crippen LogP contribution in [0.4, 0.5) is 11.6 Å². The Morgan fingerprint density at radius 1 is 1.07 bits per heavy atom. The van der Waals surface area contributed by atoms with Crippen LogP contribution in [-0.4, -0.2) is 58.7 Å². The molecule has 0 atom stereocenters. The zero-order valence-corrected chi connectivity index (χ0v) is 15.6. The highest BCUT2D eigenvalue weighted by Crippen LogP contribution is 2.28. The number of rotatable bonds is 5. The van der Waals surface area contributed by atoms with Gasteiger partial charge in [0.05, 0.1) is 12.5 Å². The predicted molar refractivity (Wildman–Crippen MR) is 104 cm³/mol. The number of piperidine rings is 1. The molecular formula is C19H23N7O. The number of methoxy groups -OCH3 is 1. The maximum atomic E-state index is 5.33. The summed E-state index contributed by atoms with van der Waals surface area (Å²) in [5.74, 6) is 2.92. The van der Waals surface area contributed by atoms with E-state index in [0.29, 0.717) is 11.8 Å². The average Bonchev–Trinajstić information content (AvgIpc) is 2.74. The molecule has 3 aromatic heterocycles. The van der Waals surface area contributed by atoms with Gasteiger partial charge in [0, 0.05) is 45.3 Å². The number of anilines is 2. The fourth-order valence-electron chi connectivity index (χ4n) is 3.66. The van der Waals surface area contributed by atoms with Crippen LogP contribution < -0.4 is 14.5 Å². The van der Waals surface area contributed by atoms with Crippen LogP contribution >= 0.6 is 0 Å². The summed E-state index contributed by atoms with van der Waals surface area (Å²) in [6.45, 7) is 2.86. The summed E-state index contributed by atoms with van der Waals surface area (Å²) in [7, 11) is 3.67. The minimum atomic E-state index is 0.567. The van der Waals surface area contributed by atoms with E-state index in [-0.39, 0.29) is 0 Å². The van der Waals surface area contributed by atoms with Gasteiger partial charge >= 0.3 is 0 Å². The molecule has 0 amide bonds. The molecule has 0 aromatic carbocycles. The molecule has 0 saturated carbocycles. The number of aromatic nitrogens is 5. The Bertz CT molecular complexity index is 906. The van der Waals surface area contributed by atoms with Crippen molar-refractivity contribution in [2.24, 2.45) is 5.92 Å². The van der Waals surface area contributed by atoms with Gasteiger partial charge in [0.25, 0.3) is 5.88 Å². The minimum Gasteiger partial charge on any atom is -0.478 e. The van der Waals surface area contributed by atoms with E-state index in [4.69, 9.17) is 4.74 Å². The van der Waals surface area contributed by atoms with Crippen LogP contribution in [0.3, 0.4) is 0 Å². The summed E-state index contributed by atoms with van der Waals surface area (Å²) < 4.78 is 5.33. The van der Waals surface area contributed by atoms with Crippen molar-refractivity contribution in [2.45, 2.75) is 12.8 Å². The first-order valence-corrected chi connectivity index (χ1v) is 9.13. The largest absolute Gasteiger partial charge is 0.478 e. The van der Waals surface area contributed by atoms with Crippen molar-refractivity contribution in [3.05, 3.63) is 37.1 Å². The third kappa shape index (κ3) is 3.60. The van der Waals surface area contributed by atoms with Crippen molar-refractivity contribution in [1.29, 1.82) is 0 Å². The monoisotopic (exact) mass is 365 g/mol. The highest BCUT2D eigenvalue weighted by molar-refractivity contribution is 5.86. The van der Waals surface area contributed by atoms with Gasteiger partial charge in [-0.2, -0.15) is 0 Å². The van der Waals surface area contributed by atoms with E-state index in [1.54, 1.807) is 32.0 Å². The van der Waals surface area contributed by atoms with Crippen LogP contribution in [0.25, 0.3) is 11.0 Å². The predicted octanol–water partition coefficient (Wildman–Crippen LogP) is 2.18. The first kappa shape index (κ1) is 17.4. The number of hydrogen-bond acceptors (Lipinski definition) is 8. The maximum Gasteiger partial charge on any atom is 0.257 e. The molecule has 4 rings (SSSR count). The highest BCUT2D eigenvalue weighted by Gasteiger charge is 2.24. The number of hydrogen-bond donors (Lipinski definition) is 0. The van der Waals surface area contributed by atoms with E-state index in [9.17, 15) is 0 Å². The molecule has 1 fully saturated rings. The molecule has 1 aliphatic heterocycles. The van der Waals surface area contributed by atoms with Crippen LogP contribution in [0, 0.1) is 5.92 Å². The number of pyridine rings is 1. The average molecular weight is 365 g/mol. The molecule has 4 heterocycles. The van der Waals surface area contributed by atoms with E-state index in [0.717, 1.165) is 55.1 Å². The summed E-state index contributed by atoms with van der Waals surface area (Å²) >= 11 is 0. The molecule has 1 aliphatic rings. The van der Waals surface area contributed by atoms with Crippen molar-refractivity contribution in [2.75, 3.05) is 43.6 Å². The van der Waals surface area contributed by atoms with Crippen LogP contribution in [0.1, 0.15) is 12.8 Å². The standard InChI is InChI=1S/C19H23N7O/c1-25(18-19(27-2)22-9-8-21-18)12-14-5-10-26(11-6-14)17-15-4-3-7-20-16(15)23-13-24-17/h3-4,7-9,13-14H,5-6,10-12H2,1-2H3. The van der Waals surface area contributed by atoms with Crippen molar-refractivity contribution in [3.8, 4) is 5.88 Å². The van der Waals surface area contributed by atoms with Crippen LogP contribution in [0.15, 0.2) is 37.1 Å². The quantitative estimate of drug-likeness (QED) is 0.681. The Kier molecular flexibility index (Phi) is 4.95. The molecule has 140 valence electrons. The fourth-order valence-corrected chi connectivity index (χ4v) is 3.66. The molecule has 8 heteroatoms. The topological polar surface area (TPSA) is 80.2 Å². The van der Waals surface area contributed by atoms with Crippen molar-refractivity contribution < 1.29 is 4.74 Å². The Morgan fingerprint density at radius 3 is 2.70 bits per heavy atom. The van der Waals surface area contributed by atoms with Gasteiger partial charge in [0.2, 0.25) is 0 Å². The van der Waals surface area contributed by atoms with Gasteiger partial charge in [-0.15, -0.1) is 0 Å². The molecule has 0 spiro atoms. The number of ether oxygens (including phenoxy) is 1. The third-order valence-electron chi connectivity index (χ3n) is 5.04. The van der Waals surface area contributed by atoms with Gasteiger partial charge in [0.1, 0.15) is 12.1 Å². The molecular weight excluding hydrogens is 342 g/mol. The number of nitrogens with zero attached hydrogens (tertiary/aromatic N) is 7. The second kappa shape index (κ2) is 7.69. The molecule has 0 radical (unpaired) electrons. The van der Waals surface area contributed by atoms with E-state index in [1.807, 2.05) is 19.2 Å². The Labute approximate surface area is 158 Å². The Balaban J connectivity index is 1.42. The molecule has 8 nitrogen and oxygen atoms in total. The van der Waals surface area contributed by atoms with Crippen LogP contribution in [-0.2, 0) is 0 Å². The lowest BCUT2D eigenvalue weighted by molar-refractivity contribution is 0.386. The van der Waals surface area contributed by atoms with E-state index < -0.39 is 0 Å². The second-order valence-corrected chi connectivity index (χ2v) is 6.77. The lowest BCUT2D eigenvalue weighted by Gasteiger charge is -2.35. The SMILES string of the molecule is COc1nccnc1N(C)CC1CCN(c2ncnc3ncccc23)CC1. The normalized spacial score (nSPS) is 15.1. The maximum absolute atomic E-state index is 5.33. The third-order valence-corrected chi connectivity index (χ3v) is 5.04. The van der Waals surface area contributed by atoms with E-state index in [1.165, 1.54) is 0 Å². The molecule has 3 aromatic rings. The number of fused-ring (bicyclic) bond motifs is 1. The van der Waals surface area contributed by atoms with Gasteiger partial charge in [-0.3, -0.25) is 0 Å². The van der Waals surface area contributed by atoms with Crippen molar-refractivity contribution >= 4 is 22.7 Å². The van der Waals surface area contributed by atoms with Gasteiger partial charge < -0.3 is 14.5 Å². The molecule has 1 saturated heterocycles. The molecule has 0 N–H and O–H groups in total. The van der Waals surface area contributed by atoms with Gasteiger partial charge in [0.15, 0.2) is 11.5 Å². The van der Waals surface area contributed by atoms with E-state index in [2.05, 4.69) is 34.7 Å². The second-order valence-electron chi connectivity index (χ2n) is 6.77. The molecule has 0 unspecified atom stereocenters. The molecule has 27 heavy (non-hydrogen) atoms. The van der Waals surface area contributed by atoms with Gasteiger partial charge in [-0.05, 0) is 30.9 Å². The first-order valence-electron chi connectivity index (χ1n) is 9.13. The lowest BCUT2D eigenvalue weighted by atomic mass is 9.96. The van der Waals surface area contributed by atoms with E-state index >= 15 is 0 Å². The van der Waals surface area contributed by atoms with Gasteiger partial charge in [-0.25, -0.2) is 24.9 Å². The highest BCUT2D eigenvalue weighted by atomic mass is 16.5. The van der Waals surface area contributed by atoms with Gasteiger partial charge in [-0.1, -0.05) is 0 Å². The molecule has 0 aliphatic carbocycles. The van der Waals surface area contributed by atoms with Crippen molar-refractivity contribution in [1.82, 2.24) is 24.9 Å². The summed E-state index contributed by atoms with van der Waals surface area (Å²) in [6.07, 6.45) is 8.91. The lowest BCUT2D eigenvalue weighted by Crippen LogP contribution is -2.38. The summed E-state index contributed by atoms with van der Waals surface area (Å²) in [6, 6.07) is 3.98. The Hall–Kier alpha value is -3.03.